The molecule has 124 valence electrons. The monoisotopic (exact) mass is 364 g/mol. The van der Waals surface area contributed by atoms with Crippen LogP contribution in [-0.2, 0) is 11.3 Å². The number of carbonyl (C=O) groups excluding carboxylic acids is 2. The van der Waals surface area contributed by atoms with E-state index in [0.29, 0.717) is 27.6 Å². The lowest BCUT2D eigenvalue weighted by Gasteiger charge is -2.17. The second-order valence-electron chi connectivity index (χ2n) is 5.45. The summed E-state index contributed by atoms with van der Waals surface area (Å²) in [5.41, 5.74) is 7.50. The Labute approximate surface area is 148 Å². The van der Waals surface area contributed by atoms with Crippen LogP contribution in [0.15, 0.2) is 42.5 Å². The summed E-state index contributed by atoms with van der Waals surface area (Å²) in [6.07, 6.45) is 0.430. The summed E-state index contributed by atoms with van der Waals surface area (Å²) >= 11 is 12.0. The van der Waals surface area contributed by atoms with E-state index in [1.54, 1.807) is 42.5 Å². The molecule has 2 aromatic rings. The standard InChI is InChI=1S/C17H14Cl2N2O3/c18-11-6-5-10(15(19)8-11)7-12(20)9-24-21-16(22)13-3-1-2-4-14(13)17(21)23/h1-6,8,12H,7,9,20H2. The zero-order valence-corrected chi connectivity index (χ0v) is 14.1. The van der Waals surface area contributed by atoms with E-state index in [1.165, 1.54) is 0 Å². The maximum Gasteiger partial charge on any atom is 0.285 e. The minimum atomic E-state index is -0.479. The Balaban J connectivity index is 1.62. The number of carbonyl (C=O) groups is 2. The Morgan fingerprint density at radius 1 is 1.04 bits per heavy atom. The van der Waals surface area contributed by atoms with Gasteiger partial charge in [0.1, 0.15) is 0 Å². The van der Waals surface area contributed by atoms with Gasteiger partial charge in [0, 0.05) is 16.1 Å². The van der Waals surface area contributed by atoms with Crippen molar-refractivity contribution < 1.29 is 14.4 Å². The number of halogens is 2. The van der Waals surface area contributed by atoms with Crippen molar-refractivity contribution >= 4 is 35.0 Å². The molecule has 0 saturated carbocycles. The van der Waals surface area contributed by atoms with Crippen molar-refractivity contribution in [3.8, 4) is 0 Å². The van der Waals surface area contributed by atoms with E-state index in [0.717, 1.165) is 10.6 Å². The molecule has 7 heteroatoms. The molecular formula is C17H14Cl2N2O3. The molecule has 0 bridgehead atoms. The number of imide groups is 1. The average Bonchev–Trinajstić information content (AvgIpc) is 2.80. The molecule has 2 amide bonds. The highest BCUT2D eigenvalue weighted by molar-refractivity contribution is 6.35. The first-order valence-electron chi connectivity index (χ1n) is 7.27. The number of nitrogens with zero attached hydrogens (tertiary/aromatic N) is 1. The van der Waals surface area contributed by atoms with Crippen molar-refractivity contribution in [3.05, 3.63) is 69.2 Å². The summed E-state index contributed by atoms with van der Waals surface area (Å²) in [6, 6.07) is 11.3. The molecule has 1 unspecified atom stereocenters. The SMILES string of the molecule is NC(CON1C(=O)c2ccccc2C1=O)Cc1ccc(Cl)cc1Cl. The van der Waals surface area contributed by atoms with Gasteiger partial charge in [-0.15, -0.1) is 5.06 Å². The van der Waals surface area contributed by atoms with Gasteiger partial charge in [-0.1, -0.05) is 41.4 Å². The van der Waals surface area contributed by atoms with Crippen molar-refractivity contribution in [1.29, 1.82) is 0 Å². The number of fused-ring (bicyclic) bond motifs is 1. The lowest BCUT2D eigenvalue weighted by atomic mass is 10.1. The van der Waals surface area contributed by atoms with Crippen LogP contribution in [0.5, 0.6) is 0 Å². The van der Waals surface area contributed by atoms with E-state index in [4.69, 9.17) is 33.8 Å². The first-order valence-corrected chi connectivity index (χ1v) is 8.03. The third-order valence-corrected chi connectivity index (χ3v) is 4.26. The number of nitrogens with two attached hydrogens (primary N) is 1. The molecule has 1 heterocycles. The molecule has 1 aliphatic rings. The topological polar surface area (TPSA) is 72.6 Å². The van der Waals surface area contributed by atoms with Crippen LogP contribution < -0.4 is 5.73 Å². The van der Waals surface area contributed by atoms with Crippen LogP contribution in [0.25, 0.3) is 0 Å². The third-order valence-electron chi connectivity index (χ3n) is 3.67. The number of amides is 2. The minimum Gasteiger partial charge on any atom is -0.325 e. The van der Waals surface area contributed by atoms with Gasteiger partial charge in [-0.05, 0) is 36.2 Å². The number of hydrogen-bond acceptors (Lipinski definition) is 4. The maximum absolute atomic E-state index is 12.2. The van der Waals surface area contributed by atoms with Crippen LogP contribution in [0.3, 0.4) is 0 Å². The Bertz CT molecular complexity index is 775. The van der Waals surface area contributed by atoms with Gasteiger partial charge in [0.05, 0.1) is 17.7 Å². The fraction of sp³-hybridized carbons (Fsp3) is 0.176. The fourth-order valence-corrected chi connectivity index (χ4v) is 2.97. The smallest absolute Gasteiger partial charge is 0.285 e. The predicted octanol–water partition coefficient (Wildman–Crippen LogP) is 3.09. The van der Waals surface area contributed by atoms with Crippen LogP contribution in [0.4, 0.5) is 0 Å². The zero-order chi connectivity index (χ0) is 17.3. The van der Waals surface area contributed by atoms with E-state index in [1.807, 2.05) is 0 Å². The van der Waals surface area contributed by atoms with E-state index < -0.39 is 17.9 Å². The minimum absolute atomic E-state index is 0.00439. The molecule has 0 saturated heterocycles. The third kappa shape index (κ3) is 3.30. The normalized spacial score (nSPS) is 14.9. The first-order chi connectivity index (χ1) is 11.5. The molecule has 1 atom stereocenters. The van der Waals surface area contributed by atoms with Crippen molar-refractivity contribution in [2.75, 3.05) is 6.61 Å². The highest BCUT2D eigenvalue weighted by Gasteiger charge is 2.36. The summed E-state index contributed by atoms with van der Waals surface area (Å²) in [7, 11) is 0. The highest BCUT2D eigenvalue weighted by Crippen LogP contribution is 2.24. The molecular weight excluding hydrogens is 351 g/mol. The number of hydroxylamine groups is 2. The quantitative estimate of drug-likeness (QED) is 0.827. The van der Waals surface area contributed by atoms with Gasteiger partial charge < -0.3 is 5.73 Å². The number of hydrogen-bond donors (Lipinski definition) is 1. The molecule has 0 spiro atoms. The highest BCUT2D eigenvalue weighted by atomic mass is 35.5. The first kappa shape index (κ1) is 16.9. The number of benzene rings is 2. The van der Waals surface area contributed by atoms with E-state index in [9.17, 15) is 9.59 Å². The average molecular weight is 365 g/mol. The fourth-order valence-electron chi connectivity index (χ4n) is 2.48. The second kappa shape index (κ2) is 6.91. The Morgan fingerprint density at radius 3 is 2.25 bits per heavy atom. The van der Waals surface area contributed by atoms with Crippen LogP contribution >= 0.6 is 23.2 Å². The van der Waals surface area contributed by atoms with Crippen molar-refractivity contribution in [2.45, 2.75) is 12.5 Å². The van der Waals surface area contributed by atoms with Gasteiger partial charge in [0.2, 0.25) is 0 Å². The molecule has 3 rings (SSSR count). The Hall–Kier alpha value is -1.92. The predicted molar refractivity (Wildman–Crippen MR) is 91.0 cm³/mol. The zero-order valence-electron chi connectivity index (χ0n) is 12.5. The van der Waals surface area contributed by atoms with Crippen LogP contribution in [0.1, 0.15) is 26.3 Å². The summed E-state index contributed by atoms with van der Waals surface area (Å²) in [5.74, 6) is -0.959. The van der Waals surface area contributed by atoms with E-state index >= 15 is 0 Å². The molecule has 0 aliphatic carbocycles. The molecule has 2 aromatic carbocycles. The molecule has 0 radical (unpaired) electrons. The van der Waals surface area contributed by atoms with Gasteiger partial charge in [-0.25, -0.2) is 0 Å². The van der Waals surface area contributed by atoms with Gasteiger partial charge in [0.15, 0.2) is 0 Å². The molecule has 0 aromatic heterocycles. The lowest BCUT2D eigenvalue weighted by molar-refractivity contribution is -0.0951. The van der Waals surface area contributed by atoms with Crippen LogP contribution in [0, 0.1) is 0 Å². The second-order valence-corrected chi connectivity index (χ2v) is 6.29. The Morgan fingerprint density at radius 2 is 1.67 bits per heavy atom. The summed E-state index contributed by atoms with van der Waals surface area (Å²) in [6.45, 7) is 0.00439. The van der Waals surface area contributed by atoms with Crippen molar-refractivity contribution in [1.82, 2.24) is 5.06 Å². The number of rotatable bonds is 5. The maximum atomic E-state index is 12.2. The van der Waals surface area contributed by atoms with E-state index in [-0.39, 0.29) is 6.61 Å². The lowest BCUT2D eigenvalue weighted by Crippen LogP contribution is -2.37. The van der Waals surface area contributed by atoms with Crippen molar-refractivity contribution in [2.24, 2.45) is 5.73 Å². The van der Waals surface area contributed by atoms with Crippen LogP contribution in [-0.4, -0.2) is 29.5 Å². The molecule has 24 heavy (non-hydrogen) atoms. The van der Waals surface area contributed by atoms with Gasteiger partial charge in [-0.3, -0.25) is 14.4 Å². The largest absolute Gasteiger partial charge is 0.325 e. The Kier molecular flexibility index (Phi) is 4.87. The molecule has 2 N–H and O–H groups in total. The van der Waals surface area contributed by atoms with Crippen molar-refractivity contribution in [3.63, 3.8) is 0 Å². The molecule has 1 aliphatic heterocycles. The molecule has 0 fully saturated rings. The van der Waals surface area contributed by atoms with E-state index in [2.05, 4.69) is 0 Å². The van der Waals surface area contributed by atoms with Gasteiger partial charge in [0.25, 0.3) is 11.8 Å². The molecule has 5 nitrogen and oxygen atoms in total. The van der Waals surface area contributed by atoms with Gasteiger partial charge >= 0.3 is 0 Å². The van der Waals surface area contributed by atoms with Gasteiger partial charge in [-0.2, -0.15) is 0 Å². The van der Waals surface area contributed by atoms with Crippen LogP contribution in [0.2, 0.25) is 10.0 Å². The summed E-state index contributed by atoms with van der Waals surface area (Å²) in [5, 5.41) is 1.81. The summed E-state index contributed by atoms with van der Waals surface area (Å²) < 4.78 is 0. The summed E-state index contributed by atoms with van der Waals surface area (Å²) in [4.78, 5) is 29.7.